The summed E-state index contributed by atoms with van der Waals surface area (Å²) in [5.74, 6) is -1.08. The lowest BCUT2D eigenvalue weighted by molar-refractivity contribution is -0.139. The zero-order valence-corrected chi connectivity index (χ0v) is 13.5. The van der Waals surface area contributed by atoms with Gasteiger partial charge in [-0.3, -0.25) is 10.2 Å². The Hall–Kier alpha value is -3.81. The molecular formula is C18H15N3O5. The molecular weight excluding hydrogens is 338 g/mol. The fraction of sp³-hybridized carbons (Fsp3) is 0.0556. The number of benzene rings is 2. The van der Waals surface area contributed by atoms with Gasteiger partial charge < -0.3 is 25.3 Å². The van der Waals surface area contributed by atoms with E-state index >= 15 is 0 Å². The number of amides is 1. The average Bonchev–Trinajstić information content (AvgIpc) is 3.04. The molecule has 8 nitrogen and oxygen atoms in total. The van der Waals surface area contributed by atoms with Crippen LogP contribution in [0.15, 0.2) is 52.9 Å². The van der Waals surface area contributed by atoms with Crippen LogP contribution in [-0.2, 0) is 4.79 Å². The predicted octanol–water partition coefficient (Wildman–Crippen LogP) is 2.43. The summed E-state index contributed by atoms with van der Waals surface area (Å²) < 4.78 is 10.5. The number of amidine groups is 1. The summed E-state index contributed by atoms with van der Waals surface area (Å²) in [5.41, 5.74) is 7.01. The number of nitrogens with two attached hydrogens (primary N) is 1. The molecule has 0 atom stereocenters. The zero-order valence-electron chi connectivity index (χ0n) is 13.5. The van der Waals surface area contributed by atoms with E-state index in [1.807, 2.05) is 0 Å². The fourth-order valence-corrected chi connectivity index (χ4v) is 2.30. The molecule has 1 amide bonds. The monoisotopic (exact) mass is 353 g/mol. The number of rotatable bonds is 6. The first-order valence-corrected chi connectivity index (χ1v) is 7.56. The summed E-state index contributed by atoms with van der Waals surface area (Å²) >= 11 is 0. The normalized spacial score (nSPS) is 10.5. The number of fused-ring (bicyclic) bond motifs is 1. The highest BCUT2D eigenvalue weighted by Crippen LogP contribution is 2.22. The van der Waals surface area contributed by atoms with Crippen molar-refractivity contribution in [3.05, 3.63) is 59.9 Å². The van der Waals surface area contributed by atoms with Crippen molar-refractivity contribution in [1.82, 2.24) is 0 Å². The lowest BCUT2D eigenvalue weighted by Gasteiger charge is -2.06. The third kappa shape index (κ3) is 3.81. The van der Waals surface area contributed by atoms with Gasteiger partial charge in [0.15, 0.2) is 12.4 Å². The van der Waals surface area contributed by atoms with E-state index in [0.717, 1.165) is 0 Å². The third-order valence-corrected chi connectivity index (χ3v) is 3.53. The molecule has 5 N–H and O–H groups in total. The first-order chi connectivity index (χ1) is 12.4. The molecule has 0 aliphatic carbocycles. The highest BCUT2D eigenvalue weighted by atomic mass is 16.5. The molecule has 0 saturated carbocycles. The van der Waals surface area contributed by atoms with Crippen LogP contribution < -0.4 is 15.8 Å². The number of nitrogens with one attached hydrogen (secondary N) is 2. The van der Waals surface area contributed by atoms with Gasteiger partial charge in [-0.05, 0) is 48.5 Å². The Morgan fingerprint density at radius 1 is 1.15 bits per heavy atom. The average molecular weight is 353 g/mol. The third-order valence-electron chi connectivity index (χ3n) is 3.53. The van der Waals surface area contributed by atoms with Gasteiger partial charge in [-0.15, -0.1) is 0 Å². The molecule has 0 unspecified atom stereocenters. The second-order valence-electron chi connectivity index (χ2n) is 5.44. The molecule has 2 aromatic carbocycles. The van der Waals surface area contributed by atoms with Crippen molar-refractivity contribution in [2.75, 3.05) is 11.9 Å². The predicted molar refractivity (Wildman–Crippen MR) is 94.8 cm³/mol. The lowest BCUT2D eigenvalue weighted by Crippen LogP contribution is -2.11. The van der Waals surface area contributed by atoms with Crippen molar-refractivity contribution >= 4 is 34.4 Å². The number of carbonyl (C=O) groups is 2. The van der Waals surface area contributed by atoms with Crippen LogP contribution in [0.5, 0.6) is 5.75 Å². The number of hydrogen-bond acceptors (Lipinski definition) is 5. The smallest absolute Gasteiger partial charge is 0.341 e. The number of aliphatic carboxylic acids is 1. The number of nitrogen functional groups attached to an aromatic ring is 1. The van der Waals surface area contributed by atoms with Crippen LogP contribution in [0.4, 0.5) is 5.69 Å². The van der Waals surface area contributed by atoms with Crippen molar-refractivity contribution in [3.63, 3.8) is 0 Å². The highest BCUT2D eigenvalue weighted by molar-refractivity contribution is 6.05. The molecule has 132 valence electrons. The minimum absolute atomic E-state index is 0.0655. The molecule has 8 heteroatoms. The Labute approximate surface area is 147 Å². The van der Waals surface area contributed by atoms with Crippen molar-refractivity contribution in [3.8, 4) is 5.75 Å². The van der Waals surface area contributed by atoms with Crippen molar-refractivity contribution in [2.45, 2.75) is 0 Å². The molecule has 1 aromatic heterocycles. The Morgan fingerprint density at radius 3 is 2.54 bits per heavy atom. The number of ether oxygens (including phenoxy) is 1. The van der Waals surface area contributed by atoms with E-state index in [0.29, 0.717) is 28.0 Å². The SMILES string of the molecule is N=C(N)c1ccc2oc(C(=O)Nc3ccc(OCC(=O)O)cc3)cc2c1. The summed E-state index contributed by atoms with van der Waals surface area (Å²) in [6.07, 6.45) is 0. The Balaban J connectivity index is 1.72. The first-order valence-electron chi connectivity index (χ1n) is 7.56. The molecule has 3 rings (SSSR count). The van der Waals surface area contributed by atoms with Crippen LogP contribution >= 0.6 is 0 Å². The van der Waals surface area contributed by atoms with Crippen molar-refractivity contribution < 1.29 is 23.8 Å². The van der Waals surface area contributed by atoms with E-state index in [4.69, 9.17) is 25.4 Å². The van der Waals surface area contributed by atoms with Crippen LogP contribution in [0.25, 0.3) is 11.0 Å². The van der Waals surface area contributed by atoms with Crippen molar-refractivity contribution in [2.24, 2.45) is 5.73 Å². The van der Waals surface area contributed by atoms with Crippen LogP contribution in [0.2, 0.25) is 0 Å². The molecule has 0 saturated heterocycles. The van der Waals surface area contributed by atoms with Gasteiger partial charge in [-0.25, -0.2) is 4.79 Å². The summed E-state index contributed by atoms with van der Waals surface area (Å²) in [6.45, 7) is -0.438. The molecule has 26 heavy (non-hydrogen) atoms. The van der Waals surface area contributed by atoms with Gasteiger partial charge in [0.05, 0.1) is 0 Å². The summed E-state index contributed by atoms with van der Waals surface area (Å²) in [7, 11) is 0. The minimum atomic E-state index is -1.07. The fourth-order valence-electron chi connectivity index (χ4n) is 2.30. The molecule has 0 radical (unpaired) electrons. The van der Waals surface area contributed by atoms with Crippen molar-refractivity contribution in [1.29, 1.82) is 5.41 Å². The van der Waals surface area contributed by atoms with Gasteiger partial charge in [-0.1, -0.05) is 0 Å². The largest absolute Gasteiger partial charge is 0.482 e. The van der Waals surface area contributed by atoms with Crippen LogP contribution in [0.3, 0.4) is 0 Å². The van der Waals surface area contributed by atoms with Gasteiger partial charge in [0, 0.05) is 16.6 Å². The Kier molecular flexibility index (Phi) is 4.57. The zero-order chi connectivity index (χ0) is 18.7. The van der Waals surface area contributed by atoms with Gasteiger partial charge in [-0.2, -0.15) is 0 Å². The van der Waals surface area contributed by atoms with E-state index < -0.39 is 18.5 Å². The second-order valence-corrected chi connectivity index (χ2v) is 5.44. The summed E-state index contributed by atoms with van der Waals surface area (Å²) in [4.78, 5) is 22.8. The van der Waals surface area contributed by atoms with Gasteiger partial charge in [0.25, 0.3) is 5.91 Å². The lowest BCUT2D eigenvalue weighted by atomic mass is 10.1. The van der Waals surface area contributed by atoms with E-state index in [2.05, 4.69) is 5.32 Å². The number of hydrogen-bond donors (Lipinski definition) is 4. The van der Waals surface area contributed by atoms with Gasteiger partial charge in [0.1, 0.15) is 17.2 Å². The number of carbonyl (C=O) groups excluding carboxylic acids is 1. The number of carboxylic acid groups (broad SMARTS) is 1. The standard InChI is InChI=1S/C18H15N3O5/c19-17(20)10-1-6-14-11(7-10)8-15(26-14)18(24)21-12-2-4-13(5-3-12)25-9-16(22)23/h1-8H,9H2,(H3,19,20)(H,21,24)(H,22,23). The molecule has 0 spiro atoms. The molecule has 3 aromatic rings. The van der Waals surface area contributed by atoms with E-state index in [1.165, 1.54) is 0 Å². The van der Waals surface area contributed by atoms with E-state index in [1.54, 1.807) is 48.5 Å². The van der Waals surface area contributed by atoms with Gasteiger partial charge in [0.2, 0.25) is 0 Å². The Morgan fingerprint density at radius 2 is 1.88 bits per heavy atom. The molecule has 0 aliphatic rings. The maximum Gasteiger partial charge on any atom is 0.341 e. The molecule has 0 fully saturated rings. The molecule has 0 aliphatic heterocycles. The second kappa shape index (κ2) is 6.98. The number of anilines is 1. The maximum atomic E-state index is 12.3. The van der Waals surface area contributed by atoms with Crippen LogP contribution in [0, 0.1) is 5.41 Å². The topological polar surface area (TPSA) is 139 Å². The van der Waals surface area contributed by atoms with Crippen LogP contribution in [-0.4, -0.2) is 29.4 Å². The maximum absolute atomic E-state index is 12.3. The number of carboxylic acids is 1. The highest BCUT2D eigenvalue weighted by Gasteiger charge is 2.13. The number of furan rings is 1. The van der Waals surface area contributed by atoms with Gasteiger partial charge >= 0.3 is 5.97 Å². The quantitative estimate of drug-likeness (QED) is 0.396. The molecule has 1 heterocycles. The minimum Gasteiger partial charge on any atom is -0.482 e. The van der Waals surface area contributed by atoms with E-state index in [-0.39, 0.29) is 11.6 Å². The first kappa shape index (κ1) is 17.0. The summed E-state index contributed by atoms with van der Waals surface area (Å²) in [6, 6.07) is 12.8. The Bertz CT molecular complexity index is 992. The van der Waals surface area contributed by atoms with E-state index in [9.17, 15) is 9.59 Å². The summed E-state index contributed by atoms with van der Waals surface area (Å²) in [5, 5.41) is 19.4. The molecule has 0 bridgehead atoms. The van der Waals surface area contributed by atoms with Crippen LogP contribution in [0.1, 0.15) is 16.1 Å².